The Kier molecular flexibility index (Phi) is 5.73. The Bertz CT molecular complexity index is 550. The molecule has 100 valence electrons. The Morgan fingerprint density at radius 2 is 1.84 bits per heavy atom. The molecule has 0 spiro atoms. The fourth-order valence-electron chi connectivity index (χ4n) is 1.72. The minimum Gasteiger partial charge on any atom is -0.271 e. The fraction of sp³-hybridized carbons (Fsp3) is 0.143. The fourth-order valence-corrected chi connectivity index (χ4v) is 3.62. The summed E-state index contributed by atoms with van der Waals surface area (Å²) in [4.78, 5) is 1.19. The van der Waals surface area contributed by atoms with Crippen molar-refractivity contribution in [3.63, 3.8) is 0 Å². The van der Waals surface area contributed by atoms with E-state index in [-0.39, 0.29) is 6.04 Å². The monoisotopic (exact) mass is 356 g/mol. The van der Waals surface area contributed by atoms with Gasteiger partial charge in [0.25, 0.3) is 0 Å². The van der Waals surface area contributed by atoms with Crippen LogP contribution < -0.4 is 11.3 Å². The van der Waals surface area contributed by atoms with Gasteiger partial charge in [0.15, 0.2) is 0 Å². The van der Waals surface area contributed by atoms with Crippen molar-refractivity contribution >= 4 is 39.3 Å². The van der Waals surface area contributed by atoms with Crippen LogP contribution in [0.25, 0.3) is 0 Å². The van der Waals surface area contributed by atoms with Gasteiger partial charge >= 0.3 is 0 Å². The second-order valence-corrected chi connectivity index (χ2v) is 6.31. The zero-order chi connectivity index (χ0) is 13.7. The number of hydrogen-bond donors (Lipinski definition) is 2. The first-order valence-corrected chi connectivity index (χ1v) is 7.96. The lowest BCUT2D eigenvalue weighted by atomic mass is 10.1. The van der Waals surface area contributed by atoms with Crippen molar-refractivity contribution in [2.75, 3.05) is 5.75 Å². The molecule has 0 amide bonds. The van der Waals surface area contributed by atoms with E-state index in [0.717, 1.165) is 20.8 Å². The number of rotatable bonds is 5. The van der Waals surface area contributed by atoms with Gasteiger partial charge in [-0.05, 0) is 39.7 Å². The molecule has 2 aromatic rings. The average molecular weight is 358 g/mol. The summed E-state index contributed by atoms with van der Waals surface area (Å²) < 4.78 is 1.09. The molecule has 5 heteroatoms. The van der Waals surface area contributed by atoms with Crippen molar-refractivity contribution < 1.29 is 0 Å². The van der Waals surface area contributed by atoms with E-state index >= 15 is 0 Å². The largest absolute Gasteiger partial charge is 0.271 e. The van der Waals surface area contributed by atoms with Gasteiger partial charge in [0.2, 0.25) is 0 Å². The Hall–Kier alpha value is -0.520. The molecule has 0 heterocycles. The second-order valence-electron chi connectivity index (χ2n) is 3.98. The molecule has 1 unspecified atom stereocenters. The van der Waals surface area contributed by atoms with E-state index in [9.17, 15) is 0 Å². The van der Waals surface area contributed by atoms with Gasteiger partial charge in [0.05, 0.1) is 6.04 Å². The van der Waals surface area contributed by atoms with Crippen LogP contribution in [-0.4, -0.2) is 5.75 Å². The maximum Gasteiger partial charge on any atom is 0.0568 e. The zero-order valence-corrected chi connectivity index (χ0v) is 13.3. The summed E-state index contributed by atoms with van der Waals surface area (Å²) in [5.41, 5.74) is 3.85. The van der Waals surface area contributed by atoms with Gasteiger partial charge in [0, 0.05) is 20.1 Å². The van der Waals surface area contributed by atoms with Crippen LogP contribution in [-0.2, 0) is 0 Å². The van der Waals surface area contributed by atoms with Gasteiger partial charge in [-0.1, -0.05) is 41.9 Å². The van der Waals surface area contributed by atoms with Gasteiger partial charge in [-0.3, -0.25) is 11.3 Å². The highest BCUT2D eigenvalue weighted by molar-refractivity contribution is 9.10. The van der Waals surface area contributed by atoms with E-state index in [1.54, 1.807) is 11.8 Å². The molecule has 0 saturated carbocycles. The summed E-state index contributed by atoms with van der Waals surface area (Å²) in [6, 6.07) is 15.9. The summed E-state index contributed by atoms with van der Waals surface area (Å²) in [6.45, 7) is 0. The minimum atomic E-state index is 0.0193. The molecule has 3 N–H and O–H groups in total. The third-order valence-electron chi connectivity index (χ3n) is 2.72. The third kappa shape index (κ3) is 3.97. The van der Waals surface area contributed by atoms with E-state index in [1.165, 1.54) is 4.90 Å². The maximum absolute atomic E-state index is 6.20. The Morgan fingerprint density at radius 1 is 1.16 bits per heavy atom. The lowest BCUT2D eigenvalue weighted by molar-refractivity contribution is 0.611. The van der Waals surface area contributed by atoms with Crippen LogP contribution in [0, 0.1) is 0 Å². The molecule has 1 atom stereocenters. The summed E-state index contributed by atoms with van der Waals surface area (Å²) in [5.74, 6) is 6.45. The van der Waals surface area contributed by atoms with Gasteiger partial charge < -0.3 is 0 Å². The predicted octanol–water partition coefficient (Wildman–Crippen LogP) is 4.40. The molecule has 19 heavy (non-hydrogen) atoms. The molecule has 0 aromatic heterocycles. The number of thioether (sulfide) groups is 1. The molecule has 0 aliphatic rings. The van der Waals surface area contributed by atoms with Crippen molar-refractivity contribution in [3.8, 4) is 0 Å². The van der Waals surface area contributed by atoms with Gasteiger partial charge in [0.1, 0.15) is 0 Å². The molecule has 2 nitrogen and oxygen atoms in total. The van der Waals surface area contributed by atoms with Gasteiger partial charge in [-0.2, -0.15) is 0 Å². The molecule has 0 bridgehead atoms. The Balaban J connectivity index is 2.09. The third-order valence-corrected chi connectivity index (χ3v) is 5.19. The van der Waals surface area contributed by atoms with Gasteiger partial charge in [-0.25, -0.2) is 0 Å². The molecular formula is C14H14BrClN2S. The quantitative estimate of drug-likeness (QED) is 0.473. The average Bonchev–Trinajstić information content (AvgIpc) is 2.43. The van der Waals surface area contributed by atoms with Crippen LogP contribution in [0.3, 0.4) is 0 Å². The first-order chi connectivity index (χ1) is 9.22. The predicted molar refractivity (Wildman–Crippen MR) is 86.4 cm³/mol. The van der Waals surface area contributed by atoms with Crippen LogP contribution in [0.1, 0.15) is 11.6 Å². The number of halogens is 2. The normalized spacial score (nSPS) is 12.4. The Morgan fingerprint density at radius 3 is 2.53 bits per heavy atom. The number of nitrogens with two attached hydrogens (primary N) is 1. The molecule has 0 fully saturated rings. The molecule has 0 radical (unpaired) electrons. The first-order valence-electron chi connectivity index (χ1n) is 5.80. The van der Waals surface area contributed by atoms with Crippen LogP contribution in [0.4, 0.5) is 0 Å². The summed E-state index contributed by atoms with van der Waals surface area (Å²) in [5, 5.41) is 0.734. The molecule has 2 aromatic carbocycles. The summed E-state index contributed by atoms with van der Waals surface area (Å²) in [6.07, 6.45) is 0. The summed E-state index contributed by atoms with van der Waals surface area (Å²) in [7, 11) is 0. The SMILES string of the molecule is NNC(CSc1ccccc1Br)c1ccccc1Cl. The van der Waals surface area contributed by atoms with Crippen molar-refractivity contribution in [1.82, 2.24) is 5.43 Å². The van der Waals surface area contributed by atoms with Crippen LogP contribution in [0.15, 0.2) is 57.9 Å². The topological polar surface area (TPSA) is 38.0 Å². The number of hydrogen-bond acceptors (Lipinski definition) is 3. The lowest BCUT2D eigenvalue weighted by Crippen LogP contribution is -2.29. The van der Waals surface area contributed by atoms with E-state index < -0.39 is 0 Å². The van der Waals surface area contributed by atoms with Crippen molar-refractivity contribution in [2.45, 2.75) is 10.9 Å². The number of hydrazine groups is 1. The van der Waals surface area contributed by atoms with Crippen molar-refractivity contribution in [2.24, 2.45) is 5.84 Å². The van der Waals surface area contributed by atoms with Crippen LogP contribution in [0.2, 0.25) is 5.02 Å². The van der Waals surface area contributed by atoms with E-state index in [2.05, 4.69) is 27.4 Å². The number of nitrogens with one attached hydrogen (secondary N) is 1. The zero-order valence-electron chi connectivity index (χ0n) is 10.1. The van der Waals surface area contributed by atoms with E-state index in [0.29, 0.717) is 0 Å². The van der Waals surface area contributed by atoms with Gasteiger partial charge in [-0.15, -0.1) is 11.8 Å². The molecule has 0 aliphatic heterocycles. The van der Waals surface area contributed by atoms with E-state index in [1.807, 2.05) is 42.5 Å². The highest BCUT2D eigenvalue weighted by Crippen LogP contribution is 2.31. The highest BCUT2D eigenvalue weighted by atomic mass is 79.9. The minimum absolute atomic E-state index is 0.0193. The molecule has 2 rings (SSSR count). The van der Waals surface area contributed by atoms with Crippen LogP contribution >= 0.6 is 39.3 Å². The molecule has 0 aliphatic carbocycles. The standard InChI is InChI=1S/C14H14BrClN2S/c15-11-6-2-4-8-14(11)19-9-13(18-17)10-5-1-3-7-12(10)16/h1-8,13,18H,9,17H2. The van der Waals surface area contributed by atoms with Crippen molar-refractivity contribution in [1.29, 1.82) is 0 Å². The maximum atomic E-state index is 6.20. The number of benzene rings is 2. The molecular weight excluding hydrogens is 344 g/mol. The first kappa shape index (κ1) is 14.9. The van der Waals surface area contributed by atoms with Crippen LogP contribution in [0.5, 0.6) is 0 Å². The Labute approximate surface area is 130 Å². The smallest absolute Gasteiger partial charge is 0.0568 e. The van der Waals surface area contributed by atoms with E-state index in [4.69, 9.17) is 17.4 Å². The van der Waals surface area contributed by atoms with Crippen molar-refractivity contribution in [3.05, 3.63) is 63.6 Å². The highest BCUT2D eigenvalue weighted by Gasteiger charge is 2.13. The summed E-state index contributed by atoms with van der Waals surface area (Å²) >= 11 is 11.5. The molecule has 0 saturated heterocycles. The second kappa shape index (κ2) is 7.31. The lowest BCUT2D eigenvalue weighted by Gasteiger charge is -2.17.